The van der Waals surface area contributed by atoms with Crippen molar-refractivity contribution in [3.05, 3.63) is 19.2 Å². The van der Waals surface area contributed by atoms with Crippen LogP contribution in [0.4, 0.5) is 0 Å². The maximum atomic E-state index is 5.96. The molecule has 0 amide bonds. The van der Waals surface area contributed by atoms with Gasteiger partial charge in [0.25, 0.3) is 0 Å². The topological polar surface area (TPSA) is 0 Å². The Morgan fingerprint density at radius 3 is 2.50 bits per heavy atom. The molecule has 0 aromatic carbocycles. The van der Waals surface area contributed by atoms with Gasteiger partial charge in [0.2, 0.25) is 0 Å². The van der Waals surface area contributed by atoms with Gasteiger partial charge in [0.1, 0.15) is 0 Å². The lowest BCUT2D eigenvalue weighted by atomic mass is 10.1. The van der Waals surface area contributed by atoms with E-state index in [2.05, 4.69) is 51.8 Å². The summed E-state index contributed by atoms with van der Waals surface area (Å²) in [5, 5.41) is 0. The first-order valence-corrected chi connectivity index (χ1v) is 7.43. The molecule has 0 N–H and O–H groups in total. The minimum Gasteiger partial charge on any atom is -0.132 e. The molecule has 2 unspecified atom stereocenters. The highest BCUT2D eigenvalue weighted by atomic mass is 79.9. The van der Waals surface area contributed by atoms with Crippen LogP contribution >= 0.6 is 54.8 Å². The van der Waals surface area contributed by atoms with Gasteiger partial charge in [0, 0.05) is 21.1 Å². The van der Waals surface area contributed by atoms with Gasteiger partial charge in [-0.2, -0.15) is 0 Å². The Morgan fingerprint density at radius 1 is 1.50 bits per heavy atom. The van der Waals surface area contributed by atoms with E-state index < -0.39 is 0 Å². The van der Waals surface area contributed by atoms with Crippen LogP contribution in [0.15, 0.2) is 14.3 Å². The molecule has 1 aromatic heterocycles. The molecular weight excluding hydrogens is 347 g/mol. The first-order valence-electron chi connectivity index (χ1n) is 4.49. The van der Waals surface area contributed by atoms with Crippen molar-refractivity contribution in [2.75, 3.05) is 5.88 Å². The summed E-state index contributed by atoms with van der Waals surface area (Å²) in [6.07, 6.45) is 0. The van der Waals surface area contributed by atoms with Crippen LogP contribution in [0.2, 0.25) is 0 Å². The molecule has 1 saturated carbocycles. The van der Waals surface area contributed by atoms with Gasteiger partial charge < -0.3 is 0 Å². The molecular formula is C10H11Br2ClS. The van der Waals surface area contributed by atoms with E-state index in [1.807, 2.05) is 11.3 Å². The second-order valence-corrected chi connectivity index (χ2v) is 7.89. The van der Waals surface area contributed by atoms with Gasteiger partial charge in [-0.3, -0.25) is 0 Å². The molecule has 0 nitrogen and oxygen atoms in total. The standard InChI is InChI=1S/C10H11Br2ClS/c1-10(2)5(4-13)8(10)7-3-6(11)9(12)14-7/h3,5,8H,4H2,1-2H3. The molecule has 1 heterocycles. The maximum Gasteiger partial charge on any atom is 0.0843 e. The second kappa shape index (κ2) is 3.76. The summed E-state index contributed by atoms with van der Waals surface area (Å²) in [6, 6.07) is 2.22. The fourth-order valence-corrected chi connectivity index (χ4v) is 5.14. The van der Waals surface area contributed by atoms with Crippen molar-refractivity contribution in [3.63, 3.8) is 0 Å². The fraction of sp³-hybridized carbons (Fsp3) is 0.600. The minimum absolute atomic E-state index is 0.380. The van der Waals surface area contributed by atoms with Crippen LogP contribution in [-0.2, 0) is 0 Å². The summed E-state index contributed by atoms with van der Waals surface area (Å²) in [7, 11) is 0. The molecule has 0 spiro atoms. The highest BCUT2D eigenvalue weighted by molar-refractivity contribution is 9.13. The highest BCUT2D eigenvalue weighted by Crippen LogP contribution is 2.66. The number of rotatable bonds is 2. The van der Waals surface area contributed by atoms with Crippen LogP contribution < -0.4 is 0 Å². The van der Waals surface area contributed by atoms with E-state index in [1.54, 1.807) is 0 Å². The first-order chi connectivity index (χ1) is 6.48. The van der Waals surface area contributed by atoms with Gasteiger partial charge in [-0.05, 0) is 49.3 Å². The number of alkyl halides is 1. The predicted octanol–water partition coefficient (Wildman–Crippen LogP) is 5.25. The minimum atomic E-state index is 0.380. The molecule has 78 valence electrons. The van der Waals surface area contributed by atoms with E-state index >= 15 is 0 Å². The molecule has 0 bridgehead atoms. The Morgan fingerprint density at radius 2 is 2.14 bits per heavy atom. The quantitative estimate of drug-likeness (QED) is 0.633. The Labute approximate surface area is 110 Å². The molecule has 1 aromatic rings. The van der Waals surface area contributed by atoms with Crippen molar-refractivity contribution in [3.8, 4) is 0 Å². The zero-order valence-electron chi connectivity index (χ0n) is 7.98. The molecule has 0 radical (unpaired) electrons. The molecule has 14 heavy (non-hydrogen) atoms. The third-order valence-electron chi connectivity index (χ3n) is 3.19. The van der Waals surface area contributed by atoms with E-state index in [1.165, 1.54) is 8.66 Å². The van der Waals surface area contributed by atoms with E-state index in [9.17, 15) is 0 Å². The summed E-state index contributed by atoms with van der Waals surface area (Å²) < 4.78 is 2.34. The van der Waals surface area contributed by atoms with Crippen molar-refractivity contribution in [1.82, 2.24) is 0 Å². The average molecular weight is 359 g/mol. The molecule has 2 rings (SSSR count). The van der Waals surface area contributed by atoms with Crippen molar-refractivity contribution in [2.45, 2.75) is 19.8 Å². The van der Waals surface area contributed by atoms with Crippen LogP contribution in [-0.4, -0.2) is 5.88 Å². The van der Waals surface area contributed by atoms with Crippen molar-refractivity contribution < 1.29 is 0 Å². The van der Waals surface area contributed by atoms with Gasteiger partial charge >= 0.3 is 0 Å². The smallest absolute Gasteiger partial charge is 0.0843 e. The van der Waals surface area contributed by atoms with Gasteiger partial charge in [-0.1, -0.05) is 13.8 Å². The Hall–Kier alpha value is 0.950. The zero-order valence-corrected chi connectivity index (χ0v) is 12.7. The van der Waals surface area contributed by atoms with E-state index in [4.69, 9.17) is 11.6 Å². The molecule has 2 atom stereocenters. The van der Waals surface area contributed by atoms with Crippen LogP contribution in [0.25, 0.3) is 0 Å². The van der Waals surface area contributed by atoms with Gasteiger partial charge in [0.05, 0.1) is 3.79 Å². The van der Waals surface area contributed by atoms with E-state index in [0.717, 1.165) is 10.4 Å². The van der Waals surface area contributed by atoms with E-state index in [-0.39, 0.29) is 0 Å². The van der Waals surface area contributed by atoms with Crippen molar-refractivity contribution in [2.24, 2.45) is 11.3 Å². The molecule has 1 fully saturated rings. The van der Waals surface area contributed by atoms with Crippen LogP contribution in [0, 0.1) is 11.3 Å². The van der Waals surface area contributed by atoms with Crippen LogP contribution in [0.5, 0.6) is 0 Å². The van der Waals surface area contributed by atoms with Gasteiger partial charge in [0.15, 0.2) is 0 Å². The number of thiophene rings is 1. The lowest BCUT2D eigenvalue weighted by molar-refractivity contribution is 0.578. The lowest BCUT2D eigenvalue weighted by Crippen LogP contribution is -1.90. The summed E-state index contributed by atoms with van der Waals surface area (Å²) in [4.78, 5) is 1.44. The molecule has 1 aliphatic rings. The lowest BCUT2D eigenvalue weighted by Gasteiger charge is -1.98. The van der Waals surface area contributed by atoms with Gasteiger partial charge in [-0.25, -0.2) is 0 Å². The third kappa shape index (κ3) is 1.70. The SMILES string of the molecule is CC1(C)C(CCl)C1c1cc(Br)c(Br)s1. The van der Waals surface area contributed by atoms with Crippen molar-refractivity contribution in [1.29, 1.82) is 0 Å². The average Bonchev–Trinajstić information content (AvgIpc) is 2.50. The fourth-order valence-electron chi connectivity index (χ4n) is 2.11. The molecule has 0 aliphatic heterocycles. The summed E-state index contributed by atoms with van der Waals surface area (Å²) >= 11 is 14.8. The van der Waals surface area contributed by atoms with E-state index in [0.29, 0.717) is 17.3 Å². The normalized spacial score (nSPS) is 29.2. The summed E-state index contributed by atoms with van der Waals surface area (Å²) in [5.74, 6) is 2.05. The Bertz CT molecular complexity index is 340. The Balaban J connectivity index is 2.26. The predicted molar refractivity (Wildman–Crippen MR) is 70.5 cm³/mol. The molecule has 1 aliphatic carbocycles. The summed E-state index contributed by atoms with van der Waals surface area (Å²) in [5.41, 5.74) is 0.380. The van der Waals surface area contributed by atoms with Crippen LogP contribution in [0.3, 0.4) is 0 Å². The zero-order chi connectivity index (χ0) is 10.5. The van der Waals surface area contributed by atoms with Crippen molar-refractivity contribution >= 4 is 54.8 Å². The van der Waals surface area contributed by atoms with Gasteiger partial charge in [-0.15, -0.1) is 22.9 Å². The monoisotopic (exact) mass is 356 g/mol. The summed E-state index contributed by atoms with van der Waals surface area (Å²) in [6.45, 7) is 4.60. The largest absolute Gasteiger partial charge is 0.132 e. The highest BCUT2D eigenvalue weighted by Gasteiger charge is 2.58. The second-order valence-electron chi connectivity index (χ2n) is 4.33. The third-order valence-corrected chi connectivity index (χ3v) is 6.86. The van der Waals surface area contributed by atoms with Crippen LogP contribution in [0.1, 0.15) is 24.6 Å². The first kappa shape index (κ1) is 11.4. The maximum absolute atomic E-state index is 5.96. The molecule has 0 saturated heterocycles. The number of hydrogen-bond acceptors (Lipinski definition) is 1. The Kier molecular flexibility index (Phi) is 3.07. The number of halogens is 3. The number of hydrogen-bond donors (Lipinski definition) is 0. The molecule has 4 heteroatoms.